The number of nitrogens with one attached hydrogen (secondary N) is 3. The van der Waals surface area contributed by atoms with Gasteiger partial charge in [-0.3, -0.25) is 19.2 Å². The second kappa shape index (κ2) is 16.3. The van der Waals surface area contributed by atoms with Crippen molar-refractivity contribution < 1.29 is 34.2 Å². The number of carbonyl (C=O) groups is 5. The van der Waals surface area contributed by atoms with Crippen molar-refractivity contribution >= 4 is 42.3 Å². The van der Waals surface area contributed by atoms with Gasteiger partial charge in [-0.2, -0.15) is 12.6 Å². The number of carboxylic acid groups (broad SMARTS) is 2. The van der Waals surface area contributed by atoms with Crippen molar-refractivity contribution in [2.24, 2.45) is 17.4 Å². The number of amides is 3. The van der Waals surface area contributed by atoms with E-state index in [0.717, 1.165) is 0 Å². The molecule has 0 saturated heterocycles. The summed E-state index contributed by atoms with van der Waals surface area (Å²) in [5, 5.41) is 25.3. The first-order valence-corrected chi connectivity index (χ1v) is 11.5. The van der Waals surface area contributed by atoms with Crippen LogP contribution < -0.4 is 27.4 Å². The van der Waals surface area contributed by atoms with Gasteiger partial charge in [0.05, 0.1) is 6.04 Å². The Labute approximate surface area is 199 Å². The van der Waals surface area contributed by atoms with Gasteiger partial charge in [-0.1, -0.05) is 20.3 Å². The van der Waals surface area contributed by atoms with Gasteiger partial charge in [-0.25, -0.2) is 4.79 Å². The predicted octanol–water partition coefficient (Wildman–Crippen LogP) is -1.18. The van der Waals surface area contributed by atoms with E-state index in [-0.39, 0.29) is 24.5 Å². The standard InChI is InChI=1S/C20H37N5O7S/c1-3-11(2)16(22)19(30)24-12(6-4-5-9-21)17(28)23-13(7-8-15(26)27)18(29)25-14(10-33)20(31)32/h11-14,16,33H,3-10,21-22H2,1-2H3,(H,23,28)(H,24,30)(H,25,29)(H,26,27)(H,31,32). The Morgan fingerprint density at radius 2 is 1.39 bits per heavy atom. The smallest absolute Gasteiger partial charge is 0.327 e. The molecule has 0 fully saturated rings. The Kier molecular flexibility index (Phi) is 15.1. The van der Waals surface area contributed by atoms with E-state index in [2.05, 4.69) is 28.6 Å². The molecule has 190 valence electrons. The van der Waals surface area contributed by atoms with Crippen molar-refractivity contribution in [3.8, 4) is 0 Å². The number of hydrogen-bond acceptors (Lipinski definition) is 8. The summed E-state index contributed by atoms with van der Waals surface area (Å²) in [6, 6.07) is -4.51. The molecule has 0 radical (unpaired) electrons. The summed E-state index contributed by atoms with van der Waals surface area (Å²) < 4.78 is 0. The van der Waals surface area contributed by atoms with Crippen molar-refractivity contribution in [3.05, 3.63) is 0 Å². The summed E-state index contributed by atoms with van der Waals surface area (Å²) in [5.74, 6) is -4.95. The van der Waals surface area contributed by atoms with Crippen molar-refractivity contribution in [2.45, 2.75) is 76.5 Å². The van der Waals surface area contributed by atoms with Crippen LogP contribution in [0.4, 0.5) is 0 Å². The minimum atomic E-state index is -1.33. The van der Waals surface area contributed by atoms with Crippen molar-refractivity contribution in [2.75, 3.05) is 12.3 Å². The second-order valence-corrected chi connectivity index (χ2v) is 8.20. The SMILES string of the molecule is CCC(C)C(N)C(=O)NC(CCCCN)C(=O)NC(CCC(=O)O)C(=O)NC(CS)C(=O)O. The van der Waals surface area contributed by atoms with Crippen LogP contribution in [0.15, 0.2) is 0 Å². The second-order valence-electron chi connectivity index (χ2n) is 7.83. The van der Waals surface area contributed by atoms with Crippen LogP contribution in [0, 0.1) is 5.92 Å². The molecule has 13 heteroatoms. The lowest BCUT2D eigenvalue weighted by Gasteiger charge is -2.26. The molecule has 0 aromatic rings. The number of unbranched alkanes of at least 4 members (excludes halogenated alkanes) is 1. The molecule has 0 aromatic carbocycles. The van der Waals surface area contributed by atoms with E-state index >= 15 is 0 Å². The fourth-order valence-electron chi connectivity index (χ4n) is 2.81. The maximum absolute atomic E-state index is 12.9. The van der Waals surface area contributed by atoms with Crippen molar-refractivity contribution in [1.82, 2.24) is 16.0 Å². The highest BCUT2D eigenvalue weighted by atomic mass is 32.1. The van der Waals surface area contributed by atoms with E-state index in [4.69, 9.17) is 21.7 Å². The minimum Gasteiger partial charge on any atom is -0.481 e. The lowest BCUT2D eigenvalue weighted by Crippen LogP contribution is -2.57. The lowest BCUT2D eigenvalue weighted by molar-refractivity contribution is -0.142. The van der Waals surface area contributed by atoms with Crippen molar-refractivity contribution in [1.29, 1.82) is 0 Å². The molecule has 0 bridgehead atoms. The van der Waals surface area contributed by atoms with Crippen LogP contribution in [0.2, 0.25) is 0 Å². The molecule has 0 spiro atoms. The predicted molar refractivity (Wildman–Crippen MR) is 124 cm³/mol. The van der Waals surface area contributed by atoms with Crippen LogP contribution in [0.25, 0.3) is 0 Å². The molecule has 0 heterocycles. The van der Waals surface area contributed by atoms with E-state index in [0.29, 0.717) is 25.8 Å². The van der Waals surface area contributed by atoms with E-state index < -0.39 is 60.2 Å². The summed E-state index contributed by atoms with van der Waals surface area (Å²) in [6.45, 7) is 4.07. The van der Waals surface area contributed by atoms with Gasteiger partial charge in [0, 0.05) is 12.2 Å². The molecule has 9 N–H and O–H groups in total. The van der Waals surface area contributed by atoms with Crippen LogP contribution in [-0.2, 0) is 24.0 Å². The van der Waals surface area contributed by atoms with Crippen molar-refractivity contribution in [3.63, 3.8) is 0 Å². The van der Waals surface area contributed by atoms with Crippen LogP contribution in [0.5, 0.6) is 0 Å². The third-order valence-corrected chi connectivity index (χ3v) is 5.58. The van der Waals surface area contributed by atoms with E-state index in [1.165, 1.54) is 0 Å². The summed E-state index contributed by atoms with van der Waals surface area (Å²) in [5.41, 5.74) is 11.4. The van der Waals surface area contributed by atoms with Crippen LogP contribution in [0.1, 0.15) is 52.4 Å². The highest BCUT2D eigenvalue weighted by Crippen LogP contribution is 2.08. The first-order valence-electron chi connectivity index (χ1n) is 10.9. The quantitative estimate of drug-likeness (QED) is 0.0906. The Morgan fingerprint density at radius 1 is 0.879 bits per heavy atom. The zero-order valence-electron chi connectivity index (χ0n) is 19.1. The highest BCUT2D eigenvalue weighted by Gasteiger charge is 2.30. The Bertz CT molecular complexity index is 679. The number of hydrogen-bond donors (Lipinski definition) is 8. The third kappa shape index (κ3) is 11.9. The Hall–Kier alpha value is -2.38. The molecule has 33 heavy (non-hydrogen) atoms. The highest BCUT2D eigenvalue weighted by molar-refractivity contribution is 7.80. The maximum Gasteiger partial charge on any atom is 0.327 e. The molecule has 12 nitrogen and oxygen atoms in total. The summed E-state index contributed by atoms with van der Waals surface area (Å²) >= 11 is 3.87. The maximum atomic E-state index is 12.9. The van der Waals surface area contributed by atoms with Crippen LogP contribution >= 0.6 is 12.6 Å². The number of aliphatic carboxylic acids is 2. The minimum absolute atomic E-state index is 0.124. The molecule has 0 aliphatic carbocycles. The summed E-state index contributed by atoms with van der Waals surface area (Å²) in [6.07, 6.45) is 1.28. The first-order chi connectivity index (χ1) is 15.5. The van der Waals surface area contributed by atoms with Gasteiger partial charge in [0.15, 0.2) is 0 Å². The van der Waals surface area contributed by atoms with Crippen LogP contribution in [0.3, 0.4) is 0 Å². The van der Waals surface area contributed by atoms with Crippen LogP contribution in [-0.4, -0.2) is 76.3 Å². The van der Waals surface area contributed by atoms with Gasteiger partial charge < -0.3 is 37.6 Å². The van der Waals surface area contributed by atoms with E-state index in [1.807, 2.05) is 6.92 Å². The van der Waals surface area contributed by atoms with E-state index in [9.17, 15) is 24.0 Å². The van der Waals surface area contributed by atoms with Gasteiger partial charge in [0.1, 0.15) is 18.1 Å². The molecule has 5 atom stereocenters. The average molecular weight is 492 g/mol. The summed E-state index contributed by atoms with van der Waals surface area (Å²) in [4.78, 5) is 60.2. The van der Waals surface area contributed by atoms with Gasteiger partial charge in [0.2, 0.25) is 17.7 Å². The lowest BCUT2D eigenvalue weighted by atomic mass is 9.98. The topological polar surface area (TPSA) is 214 Å². The number of carboxylic acids is 2. The Morgan fingerprint density at radius 3 is 1.85 bits per heavy atom. The molecule has 0 aromatic heterocycles. The molecule has 0 aliphatic rings. The molecule has 3 amide bonds. The first kappa shape index (κ1) is 30.6. The monoisotopic (exact) mass is 491 g/mol. The van der Waals surface area contributed by atoms with Gasteiger partial charge >= 0.3 is 11.9 Å². The number of carbonyl (C=O) groups excluding carboxylic acids is 3. The van der Waals surface area contributed by atoms with Gasteiger partial charge in [-0.15, -0.1) is 0 Å². The molecular formula is C20H37N5O7S. The molecular weight excluding hydrogens is 454 g/mol. The largest absolute Gasteiger partial charge is 0.481 e. The van der Waals surface area contributed by atoms with E-state index in [1.54, 1.807) is 6.92 Å². The Balaban J connectivity index is 5.51. The zero-order chi connectivity index (χ0) is 25.6. The molecule has 0 saturated carbocycles. The number of rotatable bonds is 17. The zero-order valence-corrected chi connectivity index (χ0v) is 20.0. The average Bonchev–Trinajstić information content (AvgIpc) is 2.77. The molecule has 0 rings (SSSR count). The molecule has 0 aliphatic heterocycles. The number of nitrogens with two attached hydrogens (primary N) is 2. The van der Waals surface area contributed by atoms with Gasteiger partial charge in [-0.05, 0) is 38.1 Å². The number of thiol groups is 1. The fourth-order valence-corrected chi connectivity index (χ4v) is 3.06. The van der Waals surface area contributed by atoms with Gasteiger partial charge in [0.25, 0.3) is 0 Å². The summed E-state index contributed by atoms with van der Waals surface area (Å²) in [7, 11) is 0. The molecule has 5 unspecified atom stereocenters. The fraction of sp³-hybridized carbons (Fsp3) is 0.750. The normalized spacial score (nSPS) is 15.4. The third-order valence-electron chi connectivity index (χ3n) is 5.22.